The number of halogens is 1. The van der Waals surface area contributed by atoms with Crippen molar-refractivity contribution in [2.45, 2.75) is 6.42 Å². The van der Waals surface area contributed by atoms with Crippen LogP contribution in [0.4, 0.5) is 0 Å². The van der Waals surface area contributed by atoms with Gasteiger partial charge in [-0.1, -0.05) is 17.7 Å². The zero-order valence-corrected chi connectivity index (χ0v) is 15.8. The molecule has 136 valence electrons. The van der Waals surface area contributed by atoms with Crippen LogP contribution < -0.4 is 4.74 Å². The molecule has 0 aliphatic rings. The molecule has 0 radical (unpaired) electrons. The molecule has 6 nitrogen and oxygen atoms in total. The lowest BCUT2D eigenvalue weighted by molar-refractivity contribution is -0.136. The quantitative estimate of drug-likeness (QED) is 0.523. The number of rotatable bonds is 5. The Bertz CT molecular complexity index is 1150. The number of aromatic nitrogens is 3. The minimum Gasteiger partial charge on any atom is -0.481 e. The number of thiophene rings is 1. The molecular weight excluding hydrogens is 386 g/mol. The summed E-state index contributed by atoms with van der Waals surface area (Å²) >= 11 is 7.72. The molecule has 0 amide bonds. The van der Waals surface area contributed by atoms with E-state index in [2.05, 4.69) is 16.0 Å². The maximum absolute atomic E-state index is 10.9. The van der Waals surface area contributed by atoms with Gasteiger partial charge in [-0.25, -0.2) is 9.97 Å². The van der Waals surface area contributed by atoms with Gasteiger partial charge in [-0.2, -0.15) is 0 Å². The van der Waals surface area contributed by atoms with Crippen LogP contribution in [-0.4, -0.2) is 25.6 Å². The summed E-state index contributed by atoms with van der Waals surface area (Å²) in [7, 11) is 1.95. The second-order valence-electron chi connectivity index (χ2n) is 5.93. The van der Waals surface area contributed by atoms with E-state index in [0.29, 0.717) is 22.2 Å². The van der Waals surface area contributed by atoms with Gasteiger partial charge >= 0.3 is 5.97 Å². The lowest BCUT2D eigenvalue weighted by Crippen LogP contribution is -2.00. The summed E-state index contributed by atoms with van der Waals surface area (Å²) in [5.41, 5.74) is 0.538. The monoisotopic (exact) mass is 399 g/mol. The summed E-state index contributed by atoms with van der Waals surface area (Å²) in [6.45, 7) is 0. The molecule has 0 atom stereocenters. The average Bonchev–Trinajstić information content (AvgIpc) is 3.23. The van der Waals surface area contributed by atoms with Crippen molar-refractivity contribution < 1.29 is 14.6 Å². The minimum atomic E-state index is -0.933. The number of benzene rings is 1. The summed E-state index contributed by atoms with van der Waals surface area (Å²) in [5.74, 6) is 0.918. The molecule has 1 aromatic carbocycles. The zero-order valence-electron chi connectivity index (χ0n) is 14.2. The molecule has 3 heterocycles. The number of ether oxygens (including phenoxy) is 1. The van der Waals surface area contributed by atoms with E-state index in [1.165, 1.54) is 0 Å². The van der Waals surface area contributed by atoms with Crippen molar-refractivity contribution in [3.63, 3.8) is 0 Å². The van der Waals surface area contributed by atoms with E-state index in [0.717, 1.165) is 20.8 Å². The molecule has 0 fully saturated rings. The molecule has 0 aliphatic heterocycles. The Kier molecular flexibility index (Phi) is 4.55. The Morgan fingerprint density at radius 1 is 1.26 bits per heavy atom. The van der Waals surface area contributed by atoms with Crippen molar-refractivity contribution in [1.82, 2.24) is 14.5 Å². The highest BCUT2D eigenvalue weighted by Crippen LogP contribution is 2.38. The molecule has 0 unspecified atom stereocenters. The van der Waals surface area contributed by atoms with Crippen LogP contribution in [-0.2, 0) is 18.3 Å². The summed E-state index contributed by atoms with van der Waals surface area (Å²) in [4.78, 5) is 20.6. The van der Waals surface area contributed by atoms with E-state index >= 15 is 0 Å². The fourth-order valence-corrected chi connectivity index (χ4v) is 4.09. The number of hydrogen-bond acceptors (Lipinski definition) is 5. The first-order valence-electron chi connectivity index (χ1n) is 8.05. The number of pyridine rings is 1. The zero-order chi connectivity index (χ0) is 19.0. The second kappa shape index (κ2) is 7.02. The van der Waals surface area contributed by atoms with Crippen LogP contribution in [0.1, 0.15) is 5.56 Å². The third-order valence-corrected chi connectivity index (χ3v) is 5.51. The van der Waals surface area contributed by atoms with Gasteiger partial charge in [0.15, 0.2) is 0 Å². The first kappa shape index (κ1) is 17.5. The van der Waals surface area contributed by atoms with Gasteiger partial charge in [-0.3, -0.25) is 4.79 Å². The molecule has 3 aromatic heterocycles. The number of imidazole rings is 1. The Morgan fingerprint density at radius 2 is 2.11 bits per heavy atom. The molecule has 0 spiro atoms. The van der Waals surface area contributed by atoms with Gasteiger partial charge in [-0.05, 0) is 29.8 Å². The standard InChI is InChI=1S/C19H14ClN3O3S/c1-23-7-6-21-18(23)15-8-12-4-5-22-19(17(12)27-15)26-13-3-2-11(9-16(24)25)14(20)10-13/h2-8,10H,9H2,1H3,(H,24,25). The lowest BCUT2D eigenvalue weighted by Gasteiger charge is -2.08. The van der Waals surface area contributed by atoms with E-state index in [4.69, 9.17) is 21.4 Å². The first-order chi connectivity index (χ1) is 13.0. The van der Waals surface area contributed by atoms with Gasteiger partial charge in [-0.15, -0.1) is 11.3 Å². The molecular formula is C19H14ClN3O3S. The largest absolute Gasteiger partial charge is 0.481 e. The van der Waals surface area contributed by atoms with E-state index in [-0.39, 0.29) is 6.42 Å². The molecule has 4 aromatic rings. The maximum atomic E-state index is 10.9. The number of nitrogens with zero attached hydrogens (tertiary/aromatic N) is 3. The van der Waals surface area contributed by atoms with Crippen molar-refractivity contribution in [2.75, 3.05) is 0 Å². The highest BCUT2D eigenvalue weighted by atomic mass is 35.5. The molecule has 8 heteroatoms. The average molecular weight is 400 g/mol. The smallest absolute Gasteiger partial charge is 0.307 e. The summed E-state index contributed by atoms with van der Waals surface area (Å²) in [6.07, 6.45) is 5.21. The lowest BCUT2D eigenvalue weighted by atomic mass is 10.1. The van der Waals surface area contributed by atoms with Crippen LogP contribution in [0, 0.1) is 0 Å². The third-order valence-electron chi connectivity index (χ3n) is 4.02. The minimum absolute atomic E-state index is 0.134. The number of carboxylic acids is 1. The molecule has 4 rings (SSSR count). The second-order valence-corrected chi connectivity index (χ2v) is 7.39. The first-order valence-corrected chi connectivity index (χ1v) is 9.25. The molecule has 0 saturated heterocycles. The summed E-state index contributed by atoms with van der Waals surface area (Å²) in [5, 5.41) is 10.3. The van der Waals surface area contributed by atoms with Crippen molar-refractivity contribution in [3.05, 3.63) is 59.5 Å². The van der Waals surface area contributed by atoms with Crippen LogP contribution >= 0.6 is 22.9 Å². The van der Waals surface area contributed by atoms with Crippen molar-refractivity contribution in [3.8, 4) is 22.3 Å². The van der Waals surface area contributed by atoms with Crippen LogP contribution in [0.3, 0.4) is 0 Å². The fourth-order valence-electron chi connectivity index (χ4n) is 2.74. The van der Waals surface area contributed by atoms with Crippen LogP contribution in [0.5, 0.6) is 11.6 Å². The number of aryl methyl sites for hydroxylation is 1. The third kappa shape index (κ3) is 3.51. The Balaban J connectivity index is 1.68. The molecule has 0 aliphatic carbocycles. The van der Waals surface area contributed by atoms with Crippen LogP contribution in [0.15, 0.2) is 48.9 Å². The van der Waals surface area contributed by atoms with Gasteiger partial charge < -0.3 is 14.4 Å². The Hall–Kier alpha value is -2.90. The number of carbonyl (C=O) groups is 1. The number of hydrogen-bond donors (Lipinski definition) is 1. The Morgan fingerprint density at radius 3 is 2.81 bits per heavy atom. The molecule has 0 saturated carbocycles. The van der Waals surface area contributed by atoms with Crippen molar-refractivity contribution >= 4 is 39.0 Å². The van der Waals surface area contributed by atoms with E-state index in [1.807, 2.05) is 23.9 Å². The summed E-state index contributed by atoms with van der Waals surface area (Å²) in [6, 6.07) is 8.93. The highest BCUT2D eigenvalue weighted by Gasteiger charge is 2.14. The molecule has 1 N–H and O–H groups in total. The molecule has 0 bridgehead atoms. The van der Waals surface area contributed by atoms with Crippen molar-refractivity contribution in [1.29, 1.82) is 0 Å². The predicted molar refractivity (Wildman–Crippen MR) is 105 cm³/mol. The van der Waals surface area contributed by atoms with E-state index < -0.39 is 5.97 Å². The van der Waals surface area contributed by atoms with E-state index in [1.54, 1.807) is 41.9 Å². The van der Waals surface area contributed by atoms with Gasteiger partial charge in [0, 0.05) is 36.0 Å². The van der Waals surface area contributed by atoms with Gasteiger partial charge in [0.25, 0.3) is 0 Å². The summed E-state index contributed by atoms with van der Waals surface area (Å²) < 4.78 is 8.80. The number of carboxylic acid groups (broad SMARTS) is 1. The SMILES string of the molecule is Cn1ccnc1-c1cc2ccnc(Oc3ccc(CC(=O)O)c(Cl)c3)c2s1. The van der Waals surface area contributed by atoms with Gasteiger partial charge in [0.05, 0.1) is 16.0 Å². The van der Waals surface area contributed by atoms with Crippen LogP contribution in [0.25, 0.3) is 20.8 Å². The highest BCUT2D eigenvalue weighted by molar-refractivity contribution is 7.22. The van der Waals surface area contributed by atoms with Gasteiger partial charge in [0.2, 0.25) is 5.88 Å². The number of fused-ring (bicyclic) bond motifs is 1. The topological polar surface area (TPSA) is 77.2 Å². The van der Waals surface area contributed by atoms with Crippen molar-refractivity contribution in [2.24, 2.45) is 7.05 Å². The predicted octanol–water partition coefficient (Wildman–Crippen LogP) is 4.77. The fraction of sp³-hybridized carbons (Fsp3) is 0.105. The maximum Gasteiger partial charge on any atom is 0.307 e. The number of aliphatic carboxylic acids is 1. The van der Waals surface area contributed by atoms with Gasteiger partial charge in [0.1, 0.15) is 11.6 Å². The normalized spacial score (nSPS) is 11.0. The van der Waals surface area contributed by atoms with E-state index in [9.17, 15) is 4.79 Å². The van der Waals surface area contributed by atoms with Crippen LogP contribution in [0.2, 0.25) is 5.02 Å². The molecule has 27 heavy (non-hydrogen) atoms. The Labute approximate surface area is 163 Å².